The van der Waals surface area contributed by atoms with Crippen molar-refractivity contribution in [2.45, 2.75) is 19.4 Å². The fourth-order valence-corrected chi connectivity index (χ4v) is 2.02. The molecule has 0 fully saturated rings. The van der Waals surface area contributed by atoms with E-state index in [1.807, 2.05) is 18.2 Å². The van der Waals surface area contributed by atoms with E-state index in [1.165, 1.54) is 0 Å². The first-order valence-corrected chi connectivity index (χ1v) is 6.90. The molecule has 0 aliphatic carbocycles. The highest BCUT2D eigenvalue weighted by Crippen LogP contribution is 2.27. The van der Waals surface area contributed by atoms with Gasteiger partial charge in [-0.05, 0) is 31.2 Å². The lowest BCUT2D eigenvalue weighted by Crippen LogP contribution is -2.25. The van der Waals surface area contributed by atoms with E-state index in [0.717, 1.165) is 30.1 Å². The van der Waals surface area contributed by atoms with Crippen LogP contribution in [0.15, 0.2) is 30.5 Å². The first-order valence-electron chi connectivity index (χ1n) is 6.90. The fourth-order valence-electron chi connectivity index (χ4n) is 2.02. The van der Waals surface area contributed by atoms with Gasteiger partial charge in [0, 0.05) is 12.3 Å². The highest BCUT2D eigenvalue weighted by molar-refractivity contribution is 5.34. The zero-order valence-electron chi connectivity index (χ0n) is 12.5. The summed E-state index contributed by atoms with van der Waals surface area (Å²) in [5.41, 5.74) is 1.58. The molecule has 2 heterocycles. The maximum atomic E-state index is 5.40. The number of pyridine rings is 1. The molecular weight excluding hydrogens is 268 g/mol. The van der Waals surface area contributed by atoms with Crippen LogP contribution in [0.3, 0.4) is 0 Å². The van der Waals surface area contributed by atoms with Gasteiger partial charge in [0.2, 0.25) is 5.88 Å². The molecule has 2 rings (SSSR count). The summed E-state index contributed by atoms with van der Waals surface area (Å²) in [6.07, 6.45) is 2.75. The van der Waals surface area contributed by atoms with Crippen molar-refractivity contribution in [2.24, 2.45) is 0 Å². The molecule has 21 heavy (non-hydrogen) atoms. The molecule has 0 aliphatic heterocycles. The quantitative estimate of drug-likeness (QED) is 0.840. The van der Waals surface area contributed by atoms with E-state index in [-0.39, 0.29) is 6.04 Å². The Labute approximate surface area is 124 Å². The summed E-state index contributed by atoms with van der Waals surface area (Å²) in [7, 11) is 3.20. The van der Waals surface area contributed by atoms with Gasteiger partial charge in [-0.2, -0.15) is 0 Å². The molecular formula is C15H20N4O2. The lowest BCUT2D eigenvalue weighted by atomic mass is 10.1. The molecule has 0 radical (unpaired) electrons. The monoisotopic (exact) mass is 288 g/mol. The Balaban J connectivity index is 2.36. The normalized spacial score (nSPS) is 12.0. The summed E-state index contributed by atoms with van der Waals surface area (Å²) in [5.74, 6) is 1.21. The summed E-state index contributed by atoms with van der Waals surface area (Å²) in [4.78, 5) is 4.44. The number of hydrogen-bond donors (Lipinski definition) is 1. The van der Waals surface area contributed by atoms with Gasteiger partial charge < -0.3 is 14.8 Å². The summed E-state index contributed by atoms with van der Waals surface area (Å²) in [6, 6.07) is 7.24. The molecule has 1 N–H and O–H groups in total. The molecule has 0 saturated carbocycles. The number of rotatable bonds is 7. The maximum absolute atomic E-state index is 5.40. The topological polar surface area (TPSA) is 69.2 Å². The summed E-state index contributed by atoms with van der Waals surface area (Å²) < 4.78 is 10.4. The van der Waals surface area contributed by atoms with Crippen LogP contribution in [0, 0.1) is 0 Å². The largest absolute Gasteiger partial charge is 0.495 e. The molecule has 0 amide bonds. The molecule has 0 aliphatic rings. The van der Waals surface area contributed by atoms with Gasteiger partial charge in [-0.1, -0.05) is 6.92 Å². The van der Waals surface area contributed by atoms with Crippen molar-refractivity contribution in [3.05, 3.63) is 41.9 Å². The van der Waals surface area contributed by atoms with Crippen LogP contribution in [-0.2, 0) is 0 Å². The van der Waals surface area contributed by atoms with Gasteiger partial charge in [-0.15, -0.1) is 10.2 Å². The van der Waals surface area contributed by atoms with E-state index < -0.39 is 0 Å². The van der Waals surface area contributed by atoms with Gasteiger partial charge in [0.25, 0.3) is 0 Å². The van der Waals surface area contributed by atoms with Gasteiger partial charge >= 0.3 is 0 Å². The fraction of sp³-hybridized carbons (Fsp3) is 0.400. The standard InChI is InChI=1S/C15H20N4O2/c1-4-9-16-14(11-7-8-13(21-3)19-18-11)15-12(20-2)6-5-10-17-15/h5-8,10,14,16H,4,9H2,1-3H3. The van der Waals surface area contributed by atoms with Crippen molar-refractivity contribution < 1.29 is 9.47 Å². The third-order valence-electron chi connectivity index (χ3n) is 3.06. The minimum atomic E-state index is -0.167. The van der Waals surface area contributed by atoms with E-state index in [9.17, 15) is 0 Å². The molecule has 2 aromatic heterocycles. The van der Waals surface area contributed by atoms with Crippen molar-refractivity contribution >= 4 is 0 Å². The second-order valence-electron chi connectivity index (χ2n) is 4.48. The molecule has 0 bridgehead atoms. The number of ether oxygens (including phenoxy) is 2. The Hall–Kier alpha value is -2.21. The van der Waals surface area contributed by atoms with Crippen molar-refractivity contribution in [1.82, 2.24) is 20.5 Å². The number of aromatic nitrogens is 3. The molecule has 1 unspecified atom stereocenters. The first kappa shape index (κ1) is 15.2. The second kappa shape index (κ2) is 7.54. The van der Waals surface area contributed by atoms with Crippen molar-refractivity contribution in [3.8, 4) is 11.6 Å². The van der Waals surface area contributed by atoms with Crippen LogP contribution in [0.1, 0.15) is 30.8 Å². The maximum Gasteiger partial charge on any atom is 0.233 e. The molecule has 6 heteroatoms. The van der Waals surface area contributed by atoms with Gasteiger partial charge in [0.05, 0.1) is 26.0 Å². The van der Waals surface area contributed by atoms with Crippen molar-refractivity contribution in [2.75, 3.05) is 20.8 Å². The first-order chi connectivity index (χ1) is 10.3. The smallest absolute Gasteiger partial charge is 0.233 e. The number of hydrogen-bond acceptors (Lipinski definition) is 6. The number of methoxy groups -OCH3 is 2. The van der Waals surface area contributed by atoms with Crippen LogP contribution >= 0.6 is 0 Å². The molecule has 6 nitrogen and oxygen atoms in total. The summed E-state index contributed by atoms with van der Waals surface area (Å²) in [5, 5.41) is 11.7. The Kier molecular flexibility index (Phi) is 5.45. The lowest BCUT2D eigenvalue weighted by Gasteiger charge is -2.19. The lowest BCUT2D eigenvalue weighted by molar-refractivity contribution is 0.387. The van der Waals surface area contributed by atoms with E-state index in [2.05, 4.69) is 27.4 Å². The summed E-state index contributed by atoms with van der Waals surface area (Å²) >= 11 is 0. The molecule has 2 aromatic rings. The second-order valence-corrected chi connectivity index (χ2v) is 4.48. The average molecular weight is 288 g/mol. The van der Waals surface area contributed by atoms with Crippen LogP contribution in [0.25, 0.3) is 0 Å². The predicted molar refractivity (Wildman–Crippen MR) is 79.5 cm³/mol. The van der Waals surface area contributed by atoms with E-state index in [1.54, 1.807) is 26.5 Å². The Morgan fingerprint density at radius 1 is 1.14 bits per heavy atom. The highest BCUT2D eigenvalue weighted by atomic mass is 16.5. The number of nitrogens with zero attached hydrogens (tertiary/aromatic N) is 3. The van der Waals surface area contributed by atoms with Gasteiger partial charge in [-0.25, -0.2) is 0 Å². The molecule has 1 atom stereocenters. The van der Waals surface area contributed by atoms with Gasteiger partial charge in [-0.3, -0.25) is 4.98 Å². The number of nitrogens with one attached hydrogen (secondary N) is 1. The minimum absolute atomic E-state index is 0.167. The van der Waals surface area contributed by atoms with Crippen LogP contribution < -0.4 is 14.8 Å². The van der Waals surface area contributed by atoms with Crippen molar-refractivity contribution in [1.29, 1.82) is 0 Å². The molecule has 0 saturated heterocycles. The molecule has 0 aromatic carbocycles. The Bertz CT molecular complexity index is 560. The van der Waals surface area contributed by atoms with E-state index in [0.29, 0.717) is 5.88 Å². The molecule has 0 spiro atoms. The Morgan fingerprint density at radius 2 is 2.00 bits per heavy atom. The van der Waals surface area contributed by atoms with Crippen LogP contribution in [0.4, 0.5) is 0 Å². The van der Waals surface area contributed by atoms with Crippen LogP contribution in [-0.4, -0.2) is 35.9 Å². The van der Waals surface area contributed by atoms with Gasteiger partial charge in [0.15, 0.2) is 0 Å². The highest BCUT2D eigenvalue weighted by Gasteiger charge is 2.20. The van der Waals surface area contributed by atoms with Crippen LogP contribution in [0.5, 0.6) is 11.6 Å². The SMILES string of the molecule is CCCNC(c1ccc(OC)nn1)c1ncccc1OC. The third kappa shape index (κ3) is 3.66. The average Bonchev–Trinajstić information content (AvgIpc) is 2.56. The van der Waals surface area contributed by atoms with Gasteiger partial charge in [0.1, 0.15) is 11.4 Å². The van der Waals surface area contributed by atoms with Crippen LogP contribution in [0.2, 0.25) is 0 Å². The zero-order valence-corrected chi connectivity index (χ0v) is 12.5. The van der Waals surface area contributed by atoms with Crippen molar-refractivity contribution in [3.63, 3.8) is 0 Å². The van der Waals surface area contributed by atoms with E-state index in [4.69, 9.17) is 9.47 Å². The Morgan fingerprint density at radius 3 is 2.62 bits per heavy atom. The summed E-state index contributed by atoms with van der Waals surface area (Å²) in [6.45, 7) is 2.96. The van der Waals surface area contributed by atoms with E-state index >= 15 is 0 Å². The predicted octanol–water partition coefficient (Wildman–Crippen LogP) is 1.98. The third-order valence-corrected chi connectivity index (χ3v) is 3.06. The zero-order chi connectivity index (χ0) is 15.1. The minimum Gasteiger partial charge on any atom is -0.495 e. The molecule has 112 valence electrons.